The second-order valence-electron chi connectivity index (χ2n) is 7.65. The zero-order valence-electron chi connectivity index (χ0n) is 17.4. The van der Waals surface area contributed by atoms with Crippen LogP contribution in [-0.4, -0.2) is 71.3 Å². The highest BCUT2D eigenvalue weighted by Crippen LogP contribution is 2.21. The molecule has 0 unspecified atom stereocenters. The lowest BCUT2D eigenvalue weighted by atomic mass is 10.2. The molecule has 2 aromatic heterocycles. The highest BCUT2D eigenvalue weighted by molar-refractivity contribution is 5.62. The Balaban J connectivity index is 1.61. The number of nitrogens with one attached hydrogen (secondary N) is 1. The van der Waals surface area contributed by atoms with Crippen molar-refractivity contribution in [2.24, 2.45) is 0 Å². The summed E-state index contributed by atoms with van der Waals surface area (Å²) in [5.41, 5.74) is 1.87. The van der Waals surface area contributed by atoms with E-state index in [1.807, 2.05) is 12.3 Å². The molecule has 0 atom stereocenters. The Morgan fingerprint density at radius 3 is 2.46 bits per heavy atom. The molecule has 0 amide bonds. The van der Waals surface area contributed by atoms with Crippen LogP contribution in [0.25, 0.3) is 11.3 Å². The molecule has 1 saturated heterocycles. The smallest absolute Gasteiger partial charge is 0.129 e. The molecule has 3 heterocycles. The normalized spacial score (nSPS) is 14.9. The minimum Gasteiger partial charge on any atom is -0.378 e. The van der Waals surface area contributed by atoms with Crippen LogP contribution in [0.1, 0.15) is 27.7 Å². The zero-order chi connectivity index (χ0) is 19.9. The molecule has 1 N–H and O–H groups in total. The van der Waals surface area contributed by atoms with Gasteiger partial charge in [-0.15, -0.1) is 0 Å². The van der Waals surface area contributed by atoms with Crippen LogP contribution in [-0.2, 0) is 4.74 Å². The van der Waals surface area contributed by atoms with Gasteiger partial charge in [-0.3, -0.25) is 4.90 Å². The van der Waals surface area contributed by atoms with Crippen molar-refractivity contribution < 1.29 is 4.74 Å². The third-order valence-corrected chi connectivity index (χ3v) is 5.05. The first-order chi connectivity index (χ1) is 13.5. The topological polar surface area (TPSA) is 66.4 Å². The fourth-order valence-corrected chi connectivity index (χ4v) is 3.55. The lowest BCUT2D eigenvalue weighted by molar-refractivity contribution is 0.122. The zero-order valence-corrected chi connectivity index (χ0v) is 17.4. The maximum atomic E-state index is 5.40. The predicted molar refractivity (Wildman–Crippen MR) is 114 cm³/mol. The van der Waals surface area contributed by atoms with Crippen molar-refractivity contribution in [1.82, 2.24) is 19.9 Å². The molecule has 2 aromatic rings. The van der Waals surface area contributed by atoms with Gasteiger partial charge in [0.1, 0.15) is 18.0 Å². The van der Waals surface area contributed by atoms with Gasteiger partial charge in [0.05, 0.1) is 18.9 Å². The molecule has 7 heteroatoms. The minimum absolute atomic E-state index is 0.527. The van der Waals surface area contributed by atoms with Gasteiger partial charge in [-0.05, 0) is 39.8 Å². The Morgan fingerprint density at radius 1 is 1.07 bits per heavy atom. The van der Waals surface area contributed by atoms with Crippen LogP contribution in [0.4, 0.5) is 11.6 Å². The van der Waals surface area contributed by atoms with Gasteiger partial charge >= 0.3 is 0 Å². The number of ether oxygens (including phenoxy) is 1. The van der Waals surface area contributed by atoms with E-state index in [0.717, 1.165) is 62.3 Å². The number of aromatic nitrogens is 3. The van der Waals surface area contributed by atoms with Crippen molar-refractivity contribution >= 4 is 11.6 Å². The molecule has 0 aromatic carbocycles. The monoisotopic (exact) mass is 384 g/mol. The van der Waals surface area contributed by atoms with E-state index in [9.17, 15) is 0 Å². The van der Waals surface area contributed by atoms with Crippen LogP contribution in [0.2, 0.25) is 0 Å². The summed E-state index contributed by atoms with van der Waals surface area (Å²) >= 11 is 0. The lowest BCUT2D eigenvalue weighted by Crippen LogP contribution is -2.40. The van der Waals surface area contributed by atoms with Crippen molar-refractivity contribution in [3.63, 3.8) is 0 Å². The number of nitrogens with zero attached hydrogens (tertiary/aromatic N) is 5. The lowest BCUT2D eigenvalue weighted by Gasteiger charge is -2.30. The Kier molecular flexibility index (Phi) is 7.17. The summed E-state index contributed by atoms with van der Waals surface area (Å²) in [6.07, 6.45) is 3.49. The molecule has 1 aliphatic rings. The minimum atomic E-state index is 0.527. The van der Waals surface area contributed by atoms with Crippen molar-refractivity contribution in [2.75, 3.05) is 49.6 Å². The SMILES string of the molecule is CC(C)N(CCNc1cc(-c2ccc(N3CCOCC3)nc2)ncn1)C(C)C. The van der Waals surface area contributed by atoms with E-state index in [2.05, 4.69) is 69.9 Å². The molecule has 7 nitrogen and oxygen atoms in total. The average Bonchev–Trinajstić information content (AvgIpc) is 2.71. The fourth-order valence-electron chi connectivity index (χ4n) is 3.55. The molecule has 0 aliphatic carbocycles. The second-order valence-corrected chi connectivity index (χ2v) is 7.65. The second kappa shape index (κ2) is 9.80. The van der Waals surface area contributed by atoms with Gasteiger partial charge in [-0.1, -0.05) is 0 Å². The van der Waals surface area contributed by atoms with Crippen molar-refractivity contribution in [3.05, 3.63) is 30.7 Å². The van der Waals surface area contributed by atoms with Crippen LogP contribution >= 0.6 is 0 Å². The summed E-state index contributed by atoms with van der Waals surface area (Å²) in [6.45, 7) is 14.0. The first-order valence-corrected chi connectivity index (χ1v) is 10.2. The van der Waals surface area contributed by atoms with Gasteiger partial charge in [0, 0.05) is 56.1 Å². The van der Waals surface area contributed by atoms with Crippen LogP contribution in [0.3, 0.4) is 0 Å². The predicted octanol–water partition coefficient (Wildman–Crippen LogP) is 2.91. The van der Waals surface area contributed by atoms with Crippen molar-refractivity contribution in [3.8, 4) is 11.3 Å². The molecule has 0 saturated carbocycles. The summed E-state index contributed by atoms with van der Waals surface area (Å²) in [5.74, 6) is 1.83. The summed E-state index contributed by atoms with van der Waals surface area (Å²) in [4.78, 5) is 18.1. The fraction of sp³-hybridized carbons (Fsp3) is 0.571. The van der Waals surface area contributed by atoms with Gasteiger partial charge in [-0.25, -0.2) is 15.0 Å². The molecule has 28 heavy (non-hydrogen) atoms. The summed E-state index contributed by atoms with van der Waals surface area (Å²) < 4.78 is 5.40. The van der Waals surface area contributed by atoms with Gasteiger partial charge in [0.2, 0.25) is 0 Å². The van der Waals surface area contributed by atoms with E-state index in [1.165, 1.54) is 0 Å². The Morgan fingerprint density at radius 2 is 1.82 bits per heavy atom. The summed E-state index contributed by atoms with van der Waals surface area (Å²) in [7, 11) is 0. The number of anilines is 2. The highest BCUT2D eigenvalue weighted by Gasteiger charge is 2.14. The van der Waals surface area contributed by atoms with E-state index in [-0.39, 0.29) is 0 Å². The largest absolute Gasteiger partial charge is 0.378 e. The standard InChI is InChI=1S/C21H32N6O/c1-16(2)27(17(3)4)8-7-22-20-13-19(24-15-25-20)18-5-6-21(23-14-18)26-9-11-28-12-10-26/h5-6,13-17H,7-12H2,1-4H3,(H,22,24,25). The number of hydrogen-bond acceptors (Lipinski definition) is 7. The quantitative estimate of drug-likeness (QED) is 0.750. The Hall–Kier alpha value is -2.25. The summed E-state index contributed by atoms with van der Waals surface area (Å²) in [6, 6.07) is 7.17. The average molecular weight is 385 g/mol. The molecule has 3 rings (SSSR count). The maximum Gasteiger partial charge on any atom is 0.129 e. The molecule has 0 bridgehead atoms. The van der Waals surface area contributed by atoms with Crippen molar-refractivity contribution in [2.45, 2.75) is 39.8 Å². The van der Waals surface area contributed by atoms with Crippen molar-refractivity contribution in [1.29, 1.82) is 0 Å². The van der Waals surface area contributed by atoms with Crippen LogP contribution in [0.15, 0.2) is 30.7 Å². The summed E-state index contributed by atoms with van der Waals surface area (Å²) in [5, 5.41) is 3.42. The third kappa shape index (κ3) is 5.39. The Bertz CT molecular complexity index is 720. The molecule has 0 radical (unpaired) electrons. The number of hydrogen-bond donors (Lipinski definition) is 1. The van der Waals surface area contributed by atoms with Gasteiger partial charge in [-0.2, -0.15) is 0 Å². The number of morpholine rings is 1. The molecule has 0 spiro atoms. The Labute approximate surface area is 168 Å². The molecular weight excluding hydrogens is 352 g/mol. The number of pyridine rings is 1. The van der Waals surface area contributed by atoms with E-state index in [1.54, 1.807) is 6.33 Å². The first kappa shape index (κ1) is 20.5. The van der Waals surface area contributed by atoms with Gasteiger partial charge in [0.25, 0.3) is 0 Å². The van der Waals surface area contributed by atoms with E-state index < -0.39 is 0 Å². The maximum absolute atomic E-state index is 5.40. The van der Waals surface area contributed by atoms with Crippen LogP contribution in [0, 0.1) is 0 Å². The van der Waals surface area contributed by atoms with Gasteiger partial charge in [0.15, 0.2) is 0 Å². The highest BCUT2D eigenvalue weighted by atomic mass is 16.5. The van der Waals surface area contributed by atoms with Crippen LogP contribution in [0.5, 0.6) is 0 Å². The van der Waals surface area contributed by atoms with E-state index >= 15 is 0 Å². The van der Waals surface area contributed by atoms with Crippen LogP contribution < -0.4 is 10.2 Å². The van der Waals surface area contributed by atoms with E-state index in [0.29, 0.717) is 12.1 Å². The third-order valence-electron chi connectivity index (χ3n) is 5.05. The molecule has 1 aliphatic heterocycles. The van der Waals surface area contributed by atoms with Gasteiger partial charge < -0.3 is 15.0 Å². The molecule has 152 valence electrons. The molecule has 1 fully saturated rings. The van der Waals surface area contributed by atoms with E-state index in [4.69, 9.17) is 4.74 Å². The number of rotatable bonds is 8. The molecular formula is C21H32N6O. The first-order valence-electron chi connectivity index (χ1n) is 10.2.